The summed E-state index contributed by atoms with van der Waals surface area (Å²) in [5.41, 5.74) is 4.85. The molecule has 1 aliphatic carbocycles. The molecular weight excluding hydrogens is 452 g/mol. The van der Waals surface area contributed by atoms with Crippen LogP contribution in [0.15, 0.2) is 48.5 Å². The van der Waals surface area contributed by atoms with Crippen LogP contribution in [0.1, 0.15) is 68.0 Å². The quantitative estimate of drug-likeness (QED) is 0.330. The molecule has 6 nitrogen and oxygen atoms in total. The minimum absolute atomic E-state index is 0.0997. The van der Waals surface area contributed by atoms with Crippen molar-refractivity contribution in [1.82, 2.24) is 5.32 Å². The molecule has 0 saturated carbocycles. The van der Waals surface area contributed by atoms with E-state index in [0.717, 1.165) is 24.8 Å². The van der Waals surface area contributed by atoms with E-state index in [-0.39, 0.29) is 18.2 Å². The van der Waals surface area contributed by atoms with Crippen molar-refractivity contribution in [2.75, 3.05) is 19.8 Å². The van der Waals surface area contributed by atoms with Gasteiger partial charge in [0.2, 0.25) is 0 Å². The second-order valence-corrected chi connectivity index (χ2v) is 10.2. The Bertz CT molecular complexity index is 1080. The van der Waals surface area contributed by atoms with Gasteiger partial charge in [-0.25, -0.2) is 4.79 Å². The highest BCUT2D eigenvalue weighted by Gasteiger charge is 2.28. The predicted molar refractivity (Wildman–Crippen MR) is 141 cm³/mol. The summed E-state index contributed by atoms with van der Waals surface area (Å²) in [5, 5.41) is 23.4. The summed E-state index contributed by atoms with van der Waals surface area (Å²) in [6.07, 6.45) is 5.25. The third-order valence-electron chi connectivity index (χ3n) is 6.63. The van der Waals surface area contributed by atoms with Gasteiger partial charge in [-0.3, -0.25) is 0 Å². The average Bonchev–Trinajstić information content (AvgIpc) is 3.26. The fourth-order valence-electron chi connectivity index (χ4n) is 4.89. The van der Waals surface area contributed by atoms with Crippen molar-refractivity contribution in [2.45, 2.75) is 64.7 Å². The number of esters is 1. The number of nitrogens with one attached hydrogen (secondary N) is 1. The first-order valence-corrected chi connectivity index (χ1v) is 12.7. The van der Waals surface area contributed by atoms with E-state index < -0.39 is 12.1 Å². The minimum atomic E-state index is -0.663. The highest BCUT2D eigenvalue weighted by molar-refractivity contribution is 5.87. The van der Waals surface area contributed by atoms with E-state index in [0.29, 0.717) is 30.2 Å². The smallest absolute Gasteiger partial charge is 0.330 e. The van der Waals surface area contributed by atoms with E-state index in [1.807, 2.05) is 13.0 Å². The minimum Gasteiger partial charge on any atom is -0.463 e. The molecule has 0 aliphatic heterocycles. The van der Waals surface area contributed by atoms with Crippen LogP contribution in [0.3, 0.4) is 0 Å². The lowest BCUT2D eigenvalue weighted by Gasteiger charge is -2.31. The molecule has 2 atom stereocenters. The van der Waals surface area contributed by atoms with Gasteiger partial charge in [0.1, 0.15) is 0 Å². The lowest BCUT2D eigenvalue weighted by molar-refractivity contribution is -0.137. The zero-order chi connectivity index (χ0) is 26.1. The first-order valence-electron chi connectivity index (χ1n) is 12.7. The Balaban J connectivity index is 1.50. The number of benzene rings is 2. The lowest BCUT2D eigenvalue weighted by atomic mass is 9.88. The summed E-state index contributed by atoms with van der Waals surface area (Å²) < 4.78 is 10.9. The molecule has 192 valence electrons. The van der Waals surface area contributed by atoms with E-state index in [4.69, 9.17) is 9.47 Å². The van der Waals surface area contributed by atoms with Crippen molar-refractivity contribution in [3.63, 3.8) is 0 Å². The number of hydrogen-bond acceptors (Lipinski definition) is 6. The summed E-state index contributed by atoms with van der Waals surface area (Å²) in [6, 6.07) is 16.0. The Kier molecular flexibility index (Phi) is 9.83. The van der Waals surface area contributed by atoms with Crippen LogP contribution in [-0.4, -0.2) is 42.5 Å². The van der Waals surface area contributed by atoms with Crippen molar-refractivity contribution < 1.29 is 19.4 Å². The first kappa shape index (κ1) is 27.6. The van der Waals surface area contributed by atoms with Crippen LogP contribution < -0.4 is 5.32 Å². The standard InChI is InChI=1S/C30H38N2O4/c1-5-35-29(34)13-11-26-14-22(18-31)10-12-28(26)21(2)36-20-27(33)19-32-30(3,4)17-23-15-24-8-6-7-9-25(24)16-23/h6-14,21,23,27,32-33H,5,15-17,19-20H2,1-4H3/b13-11+/t21-,27-/m1/s1. The number of β-amino-alcohol motifs (C(OH)–C–C–N with tert-alkyl or cyclic N) is 1. The molecule has 0 fully saturated rings. The van der Waals surface area contributed by atoms with Crippen LogP contribution in [0, 0.1) is 17.2 Å². The fourth-order valence-corrected chi connectivity index (χ4v) is 4.89. The van der Waals surface area contributed by atoms with Crippen molar-refractivity contribution in [3.05, 3.63) is 76.4 Å². The van der Waals surface area contributed by atoms with Gasteiger partial charge in [0.25, 0.3) is 0 Å². The summed E-state index contributed by atoms with van der Waals surface area (Å²) in [4.78, 5) is 11.7. The fraction of sp³-hybridized carbons (Fsp3) is 0.467. The molecule has 0 saturated heterocycles. The normalized spacial score (nSPS) is 15.4. The third kappa shape index (κ3) is 8.03. The number of fused-ring (bicyclic) bond motifs is 1. The number of carbonyl (C=O) groups is 1. The summed E-state index contributed by atoms with van der Waals surface area (Å²) in [6.45, 7) is 8.91. The van der Waals surface area contributed by atoms with Crippen molar-refractivity contribution >= 4 is 12.0 Å². The maximum atomic E-state index is 11.7. The van der Waals surface area contributed by atoms with E-state index in [1.54, 1.807) is 25.1 Å². The average molecular weight is 491 g/mol. The van der Waals surface area contributed by atoms with Crippen molar-refractivity contribution in [3.8, 4) is 6.07 Å². The second-order valence-electron chi connectivity index (χ2n) is 10.2. The van der Waals surface area contributed by atoms with E-state index in [9.17, 15) is 15.2 Å². The molecule has 0 aromatic heterocycles. The SMILES string of the molecule is CCOC(=O)/C=C/c1cc(C#N)ccc1[C@@H](C)OC[C@H](O)CNC(C)(C)CC1Cc2ccccc2C1. The molecule has 2 aromatic rings. The van der Waals surface area contributed by atoms with Crippen molar-refractivity contribution in [1.29, 1.82) is 5.26 Å². The number of ether oxygens (including phenoxy) is 2. The first-order chi connectivity index (χ1) is 17.2. The highest BCUT2D eigenvalue weighted by Crippen LogP contribution is 2.32. The Morgan fingerprint density at radius 1 is 1.25 bits per heavy atom. The van der Waals surface area contributed by atoms with Crippen LogP contribution in [0.4, 0.5) is 0 Å². The maximum Gasteiger partial charge on any atom is 0.330 e. The van der Waals surface area contributed by atoms with Gasteiger partial charge in [0, 0.05) is 18.2 Å². The molecule has 0 spiro atoms. The Labute approximate surface area is 214 Å². The van der Waals surface area contributed by atoms with E-state index >= 15 is 0 Å². The number of carbonyl (C=O) groups excluding carboxylic acids is 1. The van der Waals surface area contributed by atoms with Crippen LogP contribution in [0.25, 0.3) is 6.08 Å². The lowest BCUT2D eigenvalue weighted by Crippen LogP contribution is -2.45. The summed E-state index contributed by atoms with van der Waals surface area (Å²) >= 11 is 0. The molecule has 0 unspecified atom stereocenters. The van der Waals surface area contributed by atoms with Gasteiger partial charge in [-0.05, 0) is 93.3 Å². The number of nitriles is 1. The molecule has 2 N–H and O–H groups in total. The van der Waals surface area contributed by atoms with E-state index in [1.165, 1.54) is 17.2 Å². The molecule has 0 bridgehead atoms. The number of hydrogen-bond donors (Lipinski definition) is 2. The zero-order valence-electron chi connectivity index (χ0n) is 21.8. The van der Waals surface area contributed by atoms with Crippen LogP contribution in [0.5, 0.6) is 0 Å². The molecule has 2 aromatic carbocycles. The van der Waals surface area contributed by atoms with Gasteiger partial charge in [-0.2, -0.15) is 5.26 Å². The molecule has 0 amide bonds. The van der Waals surface area contributed by atoms with Gasteiger partial charge < -0.3 is 19.9 Å². The van der Waals surface area contributed by atoms with Crippen LogP contribution in [-0.2, 0) is 27.1 Å². The van der Waals surface area contributed by atoms with Crippen molar-refractivity contribution in [2.24, 2.45) is 5.92 Å². The topological polar surface area (TPSA) is 91.6 Å². The molecule has 0 radical (unpaired) electrons. The number of rotatable bonds is 12. The Hall–Kier alpha value is -2.98. The third-order valence-corrected chi connectivity index (χ3v) is 6.63. The summed E-state index contributed by atoms with van der Waals surface area (Å²) in [5.74, 6) is 0.167. The van der Waals surface area contributed by atoms with Crippen LogP contribution in [0.2, 0.25) is 0 Å². The second kappa shape index (κ2) is 12.8. The molecule has 3 rings (SSSR count). The number of aliphatic hydroxyl groups is 1. The highest BCUT2D eigenvalue weighted by atomic mass is 16.5. The van der Waals surface area contributed by atoms with Gasteiger partial charge >= 0.3 is 5.97 Å². The molecular formula is C30H38N2O4. The zero-order valence-corrected chi connectivity index (χ0v) is 21.8. The number of aliphatic hydroxyl groups excluding tert-OH is 1. The monoisotopic (exact) mass is 490 g/mol. The molecule has 0 heterocycles. The van der Waals surface area contributed by atoms with E-state index in [2.05, 4.69) is 49.5 Å². The Morgan fingerprint density at radius 3 is 2.58 bits per heavy atom. The van der Waals surface area contributed by atoms with Gasteiger partial charge in [-0.15, -0.1) is 0 Å². The largest absolute Gasteiger partial charge is 0.463 e. The molecule has 36 heavy (non-hydrogen) atoms. The van der Waals surface area contributed by atoms with Gasteiger partial charge in [0.15, 0.2) is 0 Å². The number of nitrogens with zero attached hydrogens (tertiary/aromatic N) is 1. The molecule has 1 aliphatic rings. The summed E-state index contributed by atoms with van der Waals surface area (Å²) in [7, 11) is 0. The maximum absolute atomic E-state index is 11.7. The predicted octanol–water partition coefficient (Wildman–Crippen LogP) is 4.75. The van der Waals surface area contributed by atoms with Gasteiger partial charge in [0.05, 0.1) is 37.1 Å². The van der Waals surface area contributed by atoms with Gasteiger partial charge in [-0.1, -0.05) is 30.3 Å². The van der Waals surface area contributed by atoms with Crippen LogP contribution >= 0.6 is 0 Å². The Morgan fingerprint density at radius 2 is 1.94 bits per heavy atom. The molecule has 6 heteroatoms.